The summed E-state index contributed by atoms with van der Waals surface area (Å²) in [6, 6.07) is 16.1. The van der Waals surface area contributed by atoms with Crippen molar-refractivity contribution in [2.24, 2.45) is 0 Å². The van der Waals surface area contributed by atoms with Crippen LogP contribution in [0.25, 0.3) is 0 Å². The van der Waals surface area contributed by atoms with Crippen LogP contribution < -0.4 is 16.0 Å². The standard InChI is InChI=1S/C16H19N5O3.C9H13N/c1-11-6-13(2-3-18-11)20-16-12(8-17)7-15(19-10-23)21-14(16)9-24-5-4-22;1-8(10-2)9-6-4-3-5-7-9/h2-3,6-8,10,17,22H,4-5,9H2,1H3,(H,18,20)(H,19,21,23);3-8,10H,1-2H3. The highest BCUT2D eigenvalue weighted by molar-refractivity contribution is 5.90. The summed E-state index contributed by atoms with van der Waals surface area (Å²) in [4.78, 5) is 19.1. The van der Waals surface area contributed by atoms with Crippen LogP contribution in [-0.2, 0) is 16.1 Å². The molecule has 9 nitrogen and oxygen atoms in total. The van der Waals surface area contributed by atoms with Gasteiger partial charge in [-0.2, -0.15) is 0 Å². The lowest BCUT2D eigenvalue weighted by Gasteiger charge is -2.16. The molecule has 3 aromatic rings. The van der Waals surface area contributed by atoms with Crippen molar-refractivity contribution in [3.8, 4) is 0 Å². The van der Waals surface area contributed by atoms with Crippen LogP contribution in [0.15, 0.2) is 54.7 Å². The topological polar surface area (TPSA) is 132 Å². The molecule has 1 unspecified atom stereocenters. The number of hydrogen-bond donors (Lipinski definition) is 5. The number of carbonyl (C=O) groups is 1. The van der Waals surface area contributed by atoms with Crippen molar-refractivity contribution in [2.45, 2.75) is 26.5 Å². The number of benzene rings is 1. The van der Waals surface area contributed by atoms with Gasteiger partial charge < -0.3 is 31.2 Å². The van der Waals surface area contributed by atoms with Crippen LogP contribution in [-0.4, -0.2) is 48.0 Å². The molecule has 3 rings (SSSR count). The third kappa shape index (κ3) is 8.36. The molecule has 0 spiro atoms. The fourth-order valence-electron chi connectivity index (χ4n) is 3.03. The Morgan fingerprint density at radius 1 is 1.21 bits per heavy atom. The number of nitrogens with zero attached hydrogens (tertiary/aromatic N) is 2. The van der Waals surface area contributed by atoms with Crippen molar-refractivity contribution < 1.29 is 14.6 Å². The van der Waals surface area contributed by atoms with E-state index in [1.807, 2.05) is 26.1 Å². The van der Waals surface area contributed by atoms with Gasteiger partial charge in [0.1, 0.15) is 5.82 Å². The second-order valence-corrected chi connectivity index (χ2v) is 7.33. The average Bonchev–Trinajstić information content (AvgIpc) is 2.86. The molecule has 0 aliphatic heterocycles. The monoisotopic (exact) mass is 464 g/mol. The maximum absolute atomic E-state index is 10.7. The average molecular weight is 465 g/mol. The summed E-state index contributed by atoms with van der Waals surface area (Å²) in [6.07, 6.45) is 3.37. The molecular weight excluding hydrogens is 432 g/mol. The minimum Gasteiger partial charge on any atom is -0.394 e. The van der Waals surface area contributed by atoms with Crippen LogP contribution in [0.5, 0.6) is 0 Å². The Hall–Kier alpha value is -3.66. The van der Waals surface area contributed by atoms with Crippen molar-refractivity contribution in [3.63, 3.8) is 0 Å². The molecule has 2 aromatic heterocycles. The van der Waals surface area contributed by atoms with Crippen LogP contribution in [0.1, 0.15) is 35.5 Å². The maximum Gasteiger partial charge on any atom is 0.212 e. The molecule has 9 heteroatoms. The highest BCUT2D eigenvalue weighted by atomic mass is 16.5. The second-order valence-electron chi connectivity index (χ2n) is 7.33. The van der Waals surface area contributed by atoms with Gasteiger partial charge >= 0.3 is 0 Å². The molecule has 1 atom stereocenters. The maximum atomic E-state index is 10.7. The zero-order valence-corrected chi connectivity index (χ0v) is 19.7. The largest absolute Gasteiger partial charge is 0.394 e. The number of rotatable bonds is 11. The first-order valence-corrected chi connectivity index (χ1v) is 10.9. The molecule has 0 saturated carbocycles. The summed E-state index contributed by atoms with van der Waals surface area (Å²) in [5.74, 6) is 0.322. The van der Waals surface area contributed by atoms with E-state index < -0.39 is 0 Å². The van der Waals surface area contributed by atoms with Gasteiger partial charge in [0, 0.05) is 35.4 Å². The van der Waals surface area contributed by atoms with Crippen molar-refractivity contribution in [1.82, 2.24) is 15.3 Å². The molecule has 5 N–H and O–H groups in total. The summed E-state index contributed by atoms with van der Waals surface area (Å²) in [5, 5.41) is 25.4. The quantitative estimate of drug-likeness (QED) is 0.166. The van der Waals surface area contributed by atoms with Crippen LogP contribution in [0.3, 0.4) is 0 Å². The van der Waals surface area contributed by atoms with E-state index in [0.717, 1.165) is 11.4 Å². The fourth-order valence-corrected chi connectivity index (χ4v) is 3.03. The van der Waals surface area contributed by atoms with Gasteiger partial charge in [0.05, 0.1) is 31.2 Å². The zero-order valence-electron chi connectivity index (χ0n) is 19.7. The molecule has 0 radical (unpaired) electrons. The van der Waals surface area contributed by atoms with E-state index >= 15 is 0 Å². The number of aliphatic hydroxyl groups is 1. The first-order chi connectivity index (χ1) is 16.5. The minimum absolute atomic E-state index is 0.101. The molecule has 0 fully saturated rings. The number of nitrogens with one attached hydrogen (secondary N) is 4. The van der Waals surface area contributed by atoms with Gasteiger partial charge in [-0.15, -0.1) is 0 Å². The molecule has 0 aliphatic rings. The van der Waals surface area contributed by atoms with E-state index in [2.05, 4.69) is 57.1 Å². The molecule has 1 amide bonds. The predicted molar refractivity (Wildman–Crippen MR) is 135 cm³/mol. The predicted octanol–water partition coefficient (Wildman–Crippen LogP) is 3.57. The number of pyridine rings is 2. The smallest absolute Gasteiger partial charge is 0.212 e. The highest BCUT2D eigenvalue weighted by Crippen LogP contribution is 2.26. The van der Waals surface area contributed by atoms with E-state index in [0.29, 0.717) is 35.2 Å². The molecule has 1 aromatic carbocycles. The first kappa shape index (κ1) is 26.6. The Morgan fingerprint density at radius 2 is 1.97 bits per heavy atom. The van der Waals surface area contributed by atoms with E-state index in [1.165, 1.54) is 11.8 Å². The van der Waals surface area contributed by atoms with Gasteiger partial charge in [0.15, 0.2) is 0 Å². The Morgan fingerprint density at radius 3 is 2.59 bits per heavy atom. The molecule has 34 heavy (non-hydrogen) atoms. The van der Waals surface area contributed by atoms with Crippen LogP contribution in [0.4, 0.5) is 17.2 Å². The molecule has 180 valence electrons. The van der Waals surface area contributed by atoms with E-state index in [4.69, 9.17) is 15.3 Å². The third-order valence-corrected chi connectivity index (χ3v) is 4.86. The van der Waals surface area contributed by atoms with Crippen molar-refractivity contribution in [2.75, 3.05) is 30.9 Å². The lowest BCUT2D eigenvalue weighted by molar-refractivity contribution is -0.105. The summed E-state index contributed by atoms with van der Waals surface area (Å²) in [5.41, 5.74) is 4.65. The third-order valence-electron chi connectivity index (χ3n) is 4.86. The number of hydrogen-bond acceptors (Lipinski definition) is 8. The van der Waals surface area contributed by atoms with Crippen molar-refractivity contribution >= 4 is 29.8 Å². The Kier molecular flexibility index (Phi) is 11.3. The molecule has 0 bridgehead atoms. The summed E-state index contributed by atoms with van der Waals surface area (Å²) in [7, 11) is 1.97. The van der Waals surface area contributed by atoms with E-state index in [1.54, 1.807) is 18.3 Å². The summed E-state index contributed by atoms with van der Waals surface area (Å²) >= 11 is 0. The number of amides is 1. The fraction of sp³-hybridized carbons (Fsp3) is 0.280. The number of carbonyl (C=O) groups excluding carboxylic acids is 1. The van der Waals surface area contributed by atoms with Gasteiger partial charge in [-0.1, -0.05) is 30.3 Å². The van der Waals surface area contributed by atoms with Crippen LogP contribution in [0.2, 0.25) is 0 Å². The molecular formula is C25H32N6O3. The minimum atomic E-state index is -0.101. The van der Waals surface area contributed by atoms with Gasteiger partial charge in [0.25, 0.3) is 0 Å². The highest BCUT2D eigenvalue weighted by Gasteiger charge is 2.13. The number of anilines is 3. The normalized spacial score (nSPS) is 11.1. The number of aryl methyl sites for hydroxylation is 1. The first-order valence-electron chi connectivity index (χ1n) is 10.9. The Balaban J connectivity index is 0.000000340. The Bertz CT molecular complexity index is 1050. The van der Waals surface area contributed by atoms with Crippen LogP contribution >= 0.6 is 0 Å². The summed E-state index contributed by atoms with van der Waals surface area (Å²) < 4.78 is 5.35. The molecule has 0 aliphatic carbocycles. The van der Waals surface area contributed by atoms with E-state index in [9.17, 15) is 4.79 Å². The van der Waals surface area contributed by atoms with Gasteiger partial charge in [-0.25, -0.2) is 4.98 Å². The van der Waals surface area contributed by atoms with Crippen molar-refractivity contribution in [3.05, 3.63) is 77.2 Å². The number of ether oxygens (including phenoxy) is 1. The number of aliphatic hydroxyl groups excluding tert-OH is 1. The Labute approximate surface area is 200 Å². The van der Waals surface area contributed by atoms with Gasteiger partial charge in [-0.05, 0) is 44.7 Å². The number of aromatic nitrogens is 2. The SMILES string of the molecule is CNC(C)c1ccccc1.Cc1cc(Nc2c(C=N)cc(NC=O)nc2COCCO)ccn1. The molecule has 0 saturated heterocycles. The van der Waals surface area contributed by atoms with E-state index in [-0.39, 0.29) is 19.8 Å². The van der Waals surface area contributed by atoms with Gasteiger partial charge in [0.2, 0.25) is 6.41 Å². The lowest BCUT2D eigenvalue weighted by atomic mass is 10.1. The second kappa shape index (κ2) is 14.5. The zero-order chi connectivity index (χ0) is 24.8. The molecule has 2 heterocycles. The lowest BCUT2D eigenvalue weighted by Crippen LogP contribution is -2.11. The van der Waals surface area contributed by atoms with Crippen LogP contribution in [0, 0.1) is 12.3 Å². The van der Waals surface area contributed by atoms with Crippen molar-refractivity contribution in [1.29, 1.82) is 5.41 Å². The summed E-state index contributed by atoms with van der Waals surface area (Å²) in [6.45, 7) is 4.22. The van der Waals surface area contributed by atoms with Gasteiger partial charge in [-0.3, -0.25) is 9.78 Å².